The summed E-state index contributed by atoms with van der Waals surface area (Å²) in [6.45, 7) is 0. The van der Waals surface area contributed by atoms with Crippen LogP contribution in [0, 0.1) is 5.41 Å². The number of hydroxylamine groups is 2. The molecule has 0 saturated heterocycles. The average molecular weight is 480 g/mol. The Kier molecular flexibility index (Phi) is 7.73. The van der Waals surface area contributed by atoms with Crippen molar-refractivity contribution in [1.29, 1.82) is 5.41 Å². The van der Waals surface area contributed by atoms with E-state index in [1.165, 1.54) is 0 Å². The van der Waals surface area contributed by atoms with E-state index in [2.05, 4.69) is 0 Å². The number of carbonyl (C=O) groups excluding carboxylic acids is 2. The lowest BCUT2D eigenvalue weighted by molar-refractivity contribution is -0.284. The summed E-state index contributed by atoms with van der Waals surface area (Å²) in [5, 5.41) is 8.25. The molecule has 36 heavy (non-hydrogen) atoms. The number of nitrogens with two attached hydrogens (primary N) is 1. The van der Waals surface area contributed by atoms with E-state index in [9.17, 15) is 9.59 Å². The van der Waals surface area contributed by atoms with E-state index in [0.29, 0.717) is 27.5 Å². The summed E-state index contributed by atoms with van der Waals surface area (Å²) in [5.74, 6) is -3.92. The van der Waals surface area contributed by atoms with Gasteiger partial charge in [-0.05, 0) is 22.3 Å². The minimum Gasteiger partial charge on any atom is -0.365 e. The van der Waals surface area contributed by atoms with Crippen LogP contribution >= 0.6 is 0 Å². The summed E-state index contributed by atoms with van der Waals surface area (Å²) in [7, 11) is 0. The lowest BCUT2D eigenvalue weighted by Gasteiger charge is -2.24. The lowest BCUT2D eigenvalue weighted by Crippen LogP contribution is -2.42. The molecule has 4 aromatic rings. The van der Waals surface area contributed by atoms with Gasteiger partial charge in [-0.15, -0.1) is 0 Å². The van der Waals surface area contributed by atoms with Crippen molar-refractivity contribution in [3.63, 3.8) is 0 Å². The van der Waals surface area contributed by atoms with Crippen LogP contribution < -0.4 is 5.73 Å². The molecule has 0 saturated carbocycles. The first kappa shape index (κ1) is 24.2. The molecule has 7 heteroatoms. The number of hydrogen-bond acceptors (Lipinski definition) is 5. The summed E-state index contributed by atoms with van der Waals surface area (Å²) < 4.78 is 0. The molecule has 0 fully saturated rings. The summed E-state index contributed by atoms with van der Waals surface area (Å²) in [4.78, 5) is 37.4. The third-order valence-corrected chi connectivity index (χ3v) is 5.55. The Morgan fingerprint density at radius 2 is 0.806 bits per heavy atom. The van der Waals surface area contributed by atoms with Gasteiger partial charge in [0.15, 0.2) is 0 Å². The first-order chi connectivity index (χ1) is 17.5. The minimum atomic E-state index is -0.827. The number of hydrogen-bond donors (Lipinski definition) is 2. The Morgan fingerprint density at radius 3 is 1.03 bits per heavy atom. The Balaban J connectivity index is 1.60. The molecular weight excluding hydrogens is 454 g/mol. The normalized spacial score (nSPS) is 10.6. The number of benzene rings is 4. The predicted molar refractivity (Wildman–Crippen MR) is 135 cm³/mol. The number of nitrogens with one attached hydrogen (secondary N) is 1. The fraction of sp³-hybridized carbons (Fsp3) is 0.0690. The van der Waals surface area contributed by atoms with Gasteiger partial charge in [0.05, 0.1) is 0 Å². The molecule has 3 N–H and O–H groups in total. The zero-order chi connectivity index (χ0) is 25.3. The molecule has 0 atom stereocenters. The average Bonchev–Trinajstić information content (AvgIpc) is 2.91. The largest absolute Gasteiger partial charge is 0.365 e. The third kappa shape index (κ3) is 5.77. The van der Waals surface area contributed by atoms with Crippen LogP contribution in [0.15, 0.2) is 121 Å². The van der Waals surface area contributed by atoms with E-state index in [-0.39, 0.29) is 0 Å². The van der Waals surface area contributed by atoms with Gasteiger partial charge >= 0.3 is 11.9 Å². The summed E-state index contributed by atoms with van der Waals surface area (Å²) in [5.41, 5.74) is 8.35. The van der Waals surface area contributed by atoms with E-state index in [0.717, 1.165) is 0 Å². The monoisotopic (exact) mass is 479 g/mol. The van der Waals surface area contributed by atoms with Crippen molar-refractivity contribution in [3.05, 3.63) is 144 Å². The van der Waals surface area contributed by atoms with Crippen molar-refractivity contribution in [2.45, 2.75) is 11.8 Å². The molecule has 0 heterocycles. The van der Waals surface area contributed by atoms with E-state index in [4.69, 9.17) is 20.8 Å². The van der Waals surface area contributed by atoms with Crippen molar-refractivity contribution >= 4 is 17.9 Å². The Labute approximate surface area is 209 Å². The molecule has 4 rings (SSSR count). The maximum atomic E-state index is 13.3. The van der Waals surface area contributed by atoms with E-state index < -0.39 is 29.7 Å². The van der Waals surface area contributed by atoms with Crippen LogP contribution in [0.3, 0.4) is 0 Å². The van der Waals surface area contributed by atoms with Crippen molar-refractivity contribution < 1.29 is 19.3 Å². The molecule has 0 radical (unpaired) electrons. The molecule has 0 aliphatic carbocycles. The maximum Gasteiger partial charge on any atom is 0.348 e. The number of nitrogens with zero attached hydrogens (tertiary/aromatic N) is 1. The minimum absolute atomic E-state index is 0.364. The van der Waals surface area contributed by atoms with Gasteiger partial charge in [0.1, 0.15) is 11.8 Å². The summed E-state index contributed by atoms with van der Waals surface area (Å²) in [6.07, 6.45) is 0. The zero-order valence-corrected chi connectivity index (χ0v) is 19.4. The second kappa shape index (κ2) is 11.5. The van der Waals surface area contributed by atoms with Gasteiger partial charge in [-0.1, -0.05) is 121 Å². The number of guanidine groups is 1. The second-order valence-electron chi connectivity index (χ2n) is 7.97. The SMILES string of the molecule is N=C(N)N(OC(=O)C(c1ccccc1)c1ccccc1)OC(=O)C(c1ccccc1)c1ccccc1. The summed E-state index contributed by atoms with van der Waals surface area (Å²) >= 11 is 0. The smallest absolute Gasteiger partial charge is 0.348 e. The Bertz CT molecular complexity index is 1120. The highest BCUT2D eigenvalue weighted by molar-refractivity contribution is 5.86. The van der Waals surface area contributed by atoms with Crippen LogP contribution in [0.25, 0.3) is 0 Å². The molecule has 4 aromatic carbocycles. The van der Waals surface area contributed by atoms with Crippen LogP contribution in [0.4, 0.5) is 0 Å². The van der Waals surface area contributed by atoms with E-state index >= 15 is 0 Å². The quantitative estimate of drug-likeness (QED) is 0.235. The van der Waals surface area contributed by atoms with Crippen LogP contribution in [0.2, 0.25) is 0 Å². The number of rotatable bonds is 6. The molecule has 7 nitrogen and oxygen atoms in total. The van der Waals surface area contributed by atoms with Crippen molar-refractivity contribution in [3.8, 4) is 0 Å². The molecular formula is C29H25N3O4. The van der Waals surface area contributed by atoms with Crippen LogP contribution in [-0.4, -0.2) is 23.1 Å². The fourth-order valence-electron chi connectivity index (χ4n) is 3.90. The highest BCUT2D eigenvalue weighted by Gasteiger charge is 2.32. The molecule has 0 amide bonds. The highest BCUT2D eigenvalue weighted by atomic mass is 17.0. The molecule has 0 bridgehead atoms. The molecule has 180 valence electrons. The van der Waals surface area contributed by atoms with E-state index in [1.807, 2.05) is 72.8 Å². The second-order valence-corrected chi connectivity index (χ2v) is 7.97. The lowest BCUT2D eigenvalue weighted by atomic mass is 9.91. The fourth-order valence-corrected chi connectivity index (χ4v) is 3.90. The van der Waals surface area contributed by atoms with Crippen LogP contribution in [0.5, 0.6) is 0 Å². The van der Waals surface area contributed by atoms with Gasteiger partial charge < -0.3 is 15.4 Å². The highest BCUT2D eigenvalue weighted by Crippen LogP contribution is 2.28. The first-order valence-electron chi connectivity index (χ1n) is 11.3. The van der Waals surface area contributed by atoms with Gasteiger partial charge in [-0.25, -0.2) is 9.59 Å². The van der Waals surface area contributed by atoms with Gasteiger partial charge in [0.2, 0.25) is 0 Å². The predicted octanol–water partition coefficient (Wildman–Crippen LogP) is 4.76. The van der Waals surface area contributed by atoms with Gasteiger partial charge in [-0.3, -0.25) is 5.41 Å². The molecule has 0 aliphatic rings. The van der Waals surface area contributed by atoms with Crippen molar-refractivity contribution in [2.24, 2.45) is 5.73 Å². The van der Waals surface area contributed by atoms with Gasteiger partial charge in [0.25, 0.3) is 5.96 Å². The first-order valence-corrected chi connectivity index (χ1v) is 11.3. The van der Waals surface area contributed by atoms with Gasteiger partial charge in [-0.2, -0.15) is 0 Å². The number of carbonyl (C=O) groups is 2. The zero-order valence-electron chi connectivity index (χ0n) is 19.4. The maximum absolute atomic E-state index is 13.3. The molecule has 0 aliphatic heterocycles. The van der Waals surface area contributed by atoms with Crippen LogP contribution in [0.1, 0.15) is 34.1 Å². The summed E-state index contributed by atoms with van der Waals surface area (Å²) in [6, 6.07) is 36.2. The standard InChI is InChI=1S/C29H25N3O4/c30-29(31)32(35-27(33)25(21-13-5-1-6-14-21)22-15-7-2-8-16-22)36-28(34)26(23-17-9-3-10-18-23)24-19-11-4-12-20-24/h1-20,25-26H,(H3,30,31). The van der Waals surface area contributed by atoms with Gasteiger partial charge in [0, 0.05) is 5.23 Å². The van der Waals surface area contributed by atoms with Crippen molar-refractivity contribution in [1.82, 2.24) is 5.23 Å². The van der Waals surface area contributed by atoms with Crippen LogP contribution in [-0.2, 0) is 19.3 Å². The molecule has 0 unspecified atom stereocenters. The third-order valence-electron chi connectivity index (χ3n) is 5.55. The topological polar surface area (TPSA) is 106 Å². The molecule has 0 aromatic heterocycles. The Morgan fingerprint density at radius 1 is 0.556 bits per heavy atom. The molecule has 0 spiro atoms. The van der Waals surface area contributed by atoms with E-state index in [1.54, 1.807) is 48.5 Å². The van der Waals surface area contributed by atoms with Crippen molar-refractivity contribution in [2.75, 3.05) is 0 Å². The Hall–Kier alpha value is -4.91.